The Morgan fingerprint density at radius 3 is 2.68 bits per heavy atom. The molecular formula is C17H25N3O2. The summed E-state index contributed by atoms with van der Waals surface area (Å²) < 4.78 is 0. The first-order valence-corrected chi connectivity index (χ1v) is 7.64. The molecule has 120 valence electrons. The molecule has 1 aromatic carbocycles. The lowest BCUT2D eigenvalue weighted by Gasteiger charge is -2.07. The van der Waals surface area contributed by atoms with Crippen molar-refractivity contribution in [2.24, 2.45) is 11.5 Å². The number of unbranched alkanes of at least 4 members (excludes halogenated alkanes) is 3. The van der Waals surface area contributed by atoms with E-state index in [4.69, 9.17) is 11.5 Å². The first-order valence-electron chi connectivity index (χ1n) is 7.64. The normalized spacial score (nSPS) is 9.95. The standard InChI is InChI=1S/C17H25N3O2/c18-10-5-3-1-2-4-6-14-7-8-16(12-15(14)13-21)20-17(22)9-11-19/h7-8,12,21H,1-3,5,9-11,13,18-19H2,(H,20,22). The zero-order chi connectivity index (χ0) is 16.2. The first kappa shape index (κ1) is 18.2. The molecule has 0 atom stereocenters. The third kappa shape index (κ3) is 6.72. The smallest absolute Gasteiger partial charge is 0.225 e. The van der Waals surface area contributed by atoms with Crippen molar-refractivity contribution in [3.8, 4) is 11.8 Å². The number of carbonyl (C=O) groups is 1. The summed E-state index contributed by atoms with van der Waals surface area (Å²) in [6.45, 7) is 0.920. The van der Waals surface area contributed by atoms with Crippen LogP contribution in [0.1, 0.15) is 43.2 Å². The Bertz CT molecular complexity index is 532. The van der Waals surface area contributed by atoms with Crippen molar-refractivity contribution in [3.05, 3.63) is 29.3 Å². The van der Waals surface area contributed by atoms with E-state index < -0.39 is 0 Å². The van der Waals surface area contributed by atoms with Gasteiger partial charge in [-0.05, 0) is 43.1 Å². The van der Waals surface area contributed by atoms with Crippen LogP contribution >= 0.6 is 0 Å². The van der Waals surface area contributed by atoms with Gasteiger partial charge in [0.15, 0.2) is 0 Å². The van der Waals surface area contributed by atoms with Gasteiger partial charge in [-0.1, -0.05) is 18.3 Å². The van der Waals surface area contributed by atoms with Gasteiger partial charge in [-0.15, -0.1) is 0 Å². The Kier molecular flexibility index (Phi) is 8.92. The van der Waals surface area contributed by atoms with Crippen LogP contribution < -0.4 is 16.8 Å². The fourth-order valence-electron chi connectivity index (χ4n) is 1.97. The molecule has 0 bridgehead atoms. The predicted octanol–water partition coefficient (Wildman–Crippen LogP) is 1.34. The molecule has 0 saturated carbocycles. The molecule has 0 heterocycles. The van der Waals surface area contributed by atoms with Crippen molar-refractivity contribution in [2.75, 3.05) is 18.4 Å². The van der Waals surface area contributed by atoms with Crippen LogP contribution in [0.2, 0.25) is 0 Å². The summed E-state index contributed by atoms with van der Waals surface area (Å²) >= 11 is 0. The SMILES string of the molecule is NCCCCCC#Cc1ccc(NC(=O)CCN)cc1CO. The van der Waals surface area contributed by atoms with E-state index in [0.29, 0.717) is 17.8 Å². The molecule has 0 unspecified atom stereocenters. The maximum Gasteiger partial charge on any atom is 0.225 e. The largest absolute Gasteiger partial charge is 0.392 e. The van der Waals surface area contributed by atoms with Crippen molar-refractivity contribution < 1.29 is 9.90 Å². The summed E-state index contributed by atoms with van der Waals surface area (Å²) in [6.07, 6.45) is 4.25. The molecule has 0 aliphatic heterocycles. The van der Waals surface area contributed by atoms with Gasteiger partial charge in [-0.25, -0.2) is 0 Å². The van der Waals surface area contributed by atoms with Crippen LogP contribution in [0.15, 0.2) is 18.2 Å². The molecule has 1 aromatic rings. The summed E-state index contributed by atoms with van der Waals surface area (Å²) in [5.74, 6) is 6.05. The lowest BCUT2D eigenvalue weighted by Crippen LogP contribution is -2.16. The Hall–Kier alpha value is -1.87. The zero-order valence-electron chi connectivity index (χ0n) is 12.9. The van der Waals surface area contributed by atoms with Crippen LogP contribution in [-0.2, 0) is 11.4 Å². The van der Waals surface area contributed by atoms with Crippen molar-refractivity contribution in [2.45, 2.75) is 38.7 Å². The highest BCUT2D eigenvalue weighted by atomic mass is 16.3. The molecule has 1 amide bonds. The Balaban J connectivity index is 2.65. The predicted molar refractivity (Wildman–Crippen MR) is 89.1 cm³/mol. The van der Waals surface area contributed by atoms with Crippen molar-refractivity contribution in [1.82, 2.24) is 0 Å². The Morgan fingerprint density at radius 1 is 1.18 bits per heavy atom. The number of amides is 1. The van der Waals surface area contributed by atoms with Gasteiger partial charge >= 0.3 is 0 Å². The van der Waals surface area contributed by atoms with Crippen molar-refractivity contribution in [1.29, 1.82) is 0 Å². The molecule has 0 aromatic heterocycles. The van der Waals surface area contributed by atoms with E-state index in [0.717, 1.165) is 37.8 Å². The molecule has 0 radical (unpaired) electrons. The van der Waals surface area contributed by atoms with Crippen LogP contribution in [0, 0.1) is 11.8 Å². The highest BCUT2D eigenvalue weighted by Gasteiger charge is 2.04. The molecule has 0 saturated heterocycles. The molecule has 5 nitrogen and oxygen atoms in total. The molecule has 0 aliphatic carbocycles. The second-order valence-corrected chi connectivity index (χ2v) is 5.02. The van der Waals surface area contributed by atoms with E-state index in [2.05, 4.69) is 17.2 Å². The molecule has 0 aliphatic rings. The van der Waals surface area contributed by atoms with Gasteiger partial charge < -0.3 is 21.9 Å². The zero-order valence-corrected chi connectivity index (χ0v) is 12.9. The number of rotatable bonds is 8. The molecule has 0 fully saturated rings. The number of carbonyl (C=O) groups excluding carboxylic acids is 1. The van der Waals surface area contributed by atoms with Crippen LogP contribution in [0.3, 0.4) is 0 Å². The van der Waals surface area contributed by atoms with Crippen LogP contribution in [0.25, 0.3) is 0 Å². The fourth-order valence-corrected chi connectivity index (χ4v) is 1.97. The van der Waals surface area contributed by atoms with Crippen LogP contribution in [0.5, 0.6) is 0 Å². The number of hydrogen-bond donors (Lipinski definition) is 4. The Morgan fingerprint density at radius 2 is 2.00 bits per heavy atom. The molecule has 5 heteroatoms. The monoisotopic (exact) mass is 303 g/mol. The summed E-state index contributed by atoms with van der Waals surface area (Å²) in [5.41, 5.74) is 12.9. The minimum atomic E-state index is -0.134. The highest BCUT2D eigenvalue weighted by molar-refractivity contribution is 5.91. The van der Waals surface area contributed by atoms with E-state index in [-0.39, 0.29) is 18.9 Å². The summed E-state index contributed by atoms with van der Waals surface area (Å²) in [7, 11) is 0. The summed E-state index contributed by atoms with van der Waals surface area (Å²) in [6, 6.07) is 5.34. The van der Waals surface area contributed by atoms with Gasteiger partial charge in [-0.3, -0.25) is 4.79 Å². The van der Waals surface area contributed by atoms with Gasteiger partial charge in [0.05, 0.1) is 6.61 Å². The fraction of sp³-hybridized carbons (Fsp3) is 0.471. The van der Waals surface area contributed by atoms with E-state index in [1.807, 2.05) is 6.07 Å². The topological polar surface area (TPSA) is 101 Å². The van der Waals surface area contributed by atoms with E-state index in [9.17, 15) is 9.90 Å². The van der Waals surface area contributed by atoms with Gasteiger partial charge in [0, 0.05) is 30.6 Å². The quantitative estimate of drug-likeness (QED) is 0.430. The van der Waals surface area contributed by atoms with Gasteiger partial charge in [0.1, 0.15) is 0 Å². The van der Waals surface area contributed by atoms with Gasteiger partial charge in [0.2, 0.25) is 5.91 Å². The van der Waals surface area contributed by atoms with Gasteiger partial charge in [-0.2, -0.15) is 0 Å². The minimum Gasteiger partial charge on any atom is -0.392 e. The number of nitrogens with two attached hydrogens (primary N) is 2. The third-order valence-corrected chi connectivity index (χ3v) is 3.16. The first-order chi connectivity index (χ1) is 10.7. The van der Waals surface area contributed by atoms with Crippen LogP contribution in [0.4, 0.5) is 5.69 Å². The average Bonchev–Trinajstić information content (AvgIpc) is 2.51. The summed E-state index contributed by atoms with van der Waals surface area (Å²) in [5, 5.41) is 12.2. The third-order valence-electron chi connectivity index (χ3n) is 3.16. The summed E-state index contributed by atoms with van der Waals surface area (Å²) in [4.78, 5) is 11.5. The van der Waals surface area contributed by atoms with E-state index in [1.54, 1.807) is 12.1 Å². The van der Waals surface area contributed by atoms with Crippen molar-refractivity contribution >= 4 is 11.6 Å². The second kappa shape index (κ2) is 10.8. The molecule has 22 heavy (non-hydrogen) atoms. The maximum absolute atomic E-state index is 11.5. The second-order valence-electron chi connectivity index (χ2n) is 5.02. The molecular weight excluding hydrogens is 278 g/mol. The Labute approximate surface area is 132 Å². The maximum atomic E-state index is 11.5. The lowest BCUT2D eigenvalue weighted by atomic mass is 10.1. The number of aliphatic hydroxyl groups is 1. The van der Waals surface area contributed by atoms with Gasteiger partial charge in [0.25, 0.3) is 0 Å². The van der Waals surface area contributed by atoms with Crippen molar-refractivity contribution in [3.63, 3.8) is 0 Å². The lowest BCUT2D eigenvalue weighted by molar-refractivity contribution is -0.116. The number of anilines is 1. The molecule has 0 spiro atoms. The minimum absolute atomic E-state index is 0.113. The van der Waals surface area contributed by atoms with E-state index in [1.165, 1.54) is 0 Å². The number of nitrogens with one attached hydrogen (secondary N) is 1. The highest BCUT2D eigenvalue weighted by Crippen LogP contribution is 2.16. The molecule has 6 N–H and O–H groups in total. The number of hydrogen-bond acceptors (Lipinski definition) is 4. The average molecular weight is 303 g/mol. The molecule has 1 rings (SSSR count). The van der Waals surface area contributed by atoms with Crippen LogP contribution in [-0.4, -0.2) is 24.1 Å². The van der Waals surface area contributed by atoms with E-state index >= 15 is 0 Å². The number of aliphatic hydroxyl groups excluding tert-OH is 1. The number of benzene rings is 1.